The fourth-order valence-corrected chi connectivity index (χ4v) is 3.76. The van der Waals surface area contributed by atoms with Gasteiger partial charge in [-0.05, 0) is 48.5 Å². The smallest absolute Gasteiger partial charge is 0.417 e. The number of nitrogens with one attached hydrogen (secondary N) is 2. The molecule has 0 heterocycles. The zero-order valence-electron chi connectivity index (χ0n) is 17.5. The predicted molar refractivity (Wildman–Crippen MR) is 123 cm³/mol. The van der Waals surface area contributed by atoms with Gasteiger partial charge in [0.25, 0.3) is 5.91 Å². The molecule has 33 heavy (non-hydrogen) atoms. The Balaban J connectivity index is 2.32. The summed E-state index contributed by atoms with van der Waals surface area (Å²) in [6.45, 7) is 1.62. The summed E-state index contributed by atoms with van der Waals surface area (Å²) in [5.41, 5.74) is -1.47. The third kappa shape index (κ3) is 7.06. The summed E-state index contributed by atoms with van der Waals surface area (Å²) in [6, 6.07) is 9.21. The minimum absolute atomic E-state index is 0.143. The summed E-state index contributed by atoms with van der Waals surface area (Å²) < 4.78 is 45.7. The highest BCUT2D eigenvalue weighted by Crippen LogP contribution is 2.36. The normalized spacial score (nSPS) is 11.1. The van der Waals surface area contributed by atoms with E-state index in [1.807, 2.05) is 6.92 Å². The van der Waals surface area contributed by atoms with Crippen LogP contribution in [0.1, 0.15) is 41.3 Å². The number of carbonyl (C=O) groups is 2. The zero-order valence-corrected chi connectivity index (χ0v) is 19.1. The topological polar surface area (TPSA) is 94.3 Å². The molecule has 0 aliphatic carbocycles. The lowest BCUT2D eigenvalue weighted by molar-refractivity contribution is -0.137. The number of unbranched alkanes of at least 4 members (excludes halogenated alkanes) is 1. The summed E-state index contributed by atoms with van der Waals surface area (Å²) in [4.78, 5) is 24.5. The van der Waals surface area contributed by atoms with E-state index in [-0.39, 0.29) is 22.9 Å². The van der Waals surface area contributed by atoms with E-state index in [0.717, 1.165) is 11.0 Å². The van der Waals surface area contributed by atoms with Crippen LogP contribution in [0.4, 0.5) is 13.2 Å². The lowest BCUT2D eigenvalue weighted by Gasteiger charge is -2.23. The van der Waals surface area contributed by atoms with Crippen LogP contribution < -0.4 is 4.74 Å². The molecule has 176 valence electrons. The van der Waals surface area contributed by atoms with Crippen LogP contribution in [0.5, 0.6) is 5.75 Å². The number of rotatable bonds is 8. The number of ether oxygens (including phenoxy) is 1. The molecule has 0 saturated heterocycles. The molecule has 0 aliphatic heterocycles. The maximum absolute atomic E-state index is 13.6. The first kappa shape index (κ1) is 26.4. The molecule has 0 bridgehead atoms. The Bertz CT molecular complexity index is 1050. The molecular formula is C22H21ClF3N3O3S. The molecule has 0 spiro atoms. The van der Waals surface area contributed by atoms with Gasteiger partial charge in [0.2, 0.25) is 0 Å². The third-order valence-corrected chi connectivity index (χ3v) is 5.56. The van der Waals surface area contributed by atoms with Gasteiger partial charge in [0.05, 0.1) is 16.1 Å². The van der Waals surface area contributed by atoms with E-state index in [1.165, 1.54) is 18.2 Å². The summed E-state index contributed by atoms with van der Waals surface area (Å²) in [7, 11) is 0. The van der Waals surface area contributed by atoms with Crippen molar-refractivity contribution >= 4 is 45.8 Å². The molecule has 1 amide bonds. The van der Waals surface area contributed by atoms with E-state index in [9.17, 15) is 22.8 Å². The van der Waals surface area contributed by atoms with Crippen molar-refractivity contribution < 1.29 is 27.5 Å². The van der Waals surface area contributed by atoms with Crippen molar-refractivity contribution in [2.45, 2.75) is 25.9 Å². The third-order valence-electron chi connectivity index (χ3n) is 4.39. The van der Waals surface area contributed by atoms with Gasteiger partial charge < -0.3 is 4.74 Å². The molecule has 0 saturated carbocycles. The molecular weight excluding hydrogens is 479 g/mol. The summed E-state index contributed by atoms with van der Waals surface area (Å²) in [5, 5.41) is 15.8. The Hall–Kier alpha value is -2.85. The van der Waals surface area contributed by atoms with Crippen molar-refractivity contribution in [1.29, 1.82) is 10.8 Å². The van der Waals surface area contributed by atoms with Gasteiger partial charge in [-0.1, -0.05) is 37.1 Å². The first-order valence-electron chi connectivity index (χ1n) is 9.79. The number of hydrogen-bond acceptors (Lipinski definition) is 6. The van der Waals surface area contributed by atoms with Crippen molar-refractivity contribution in [3.8, 4) is 5.75 Å². The molecule has 0 atom stereocenters. The Kier molecular flexibility index (Phi) is 9.48. The number of hydrogen-bond donors (Lipinski definition) is 2. The first-order valence-corrected chi connectivity index (χ1v) is 11.0. The first-order chi connectivity index (χ1) is 15.6. The minimum atomic E-state index is -4.81. The predicted octanol–water partition coefficient (Wildman–Crippen LogP) is 5.87. The van der Waals surface area contributed by atoms with E-state index in [1.54, 1.807) is 12.1 Å². The second-order valence-corrected chi connectivity index (χ2v) is 8.12. The largest absolute Gasteiger partial charge is 0.486 e. The van der Waals surface area contributed by atoms with Crippen LogP contribution in [0.3, 0.4) is 0 Å². The highest BCUT2D eigenvalue weighted by Gasteiger charge is 2.35. The molecule has 0 fully saturated rings. The van der Waals surface area contributed by atoms with Crippen molar-refractivity contribution in [2.75, 3.05) is 13.2 Å². The van der Waals surface area contributed by atoms with Crippen molar-refractivity contribution in [3.63, 3.8) is 0 Å². The molecule has 11 heteroatoms. The van der Waals surface area contributed by atoms with E-state index in [0.29, 0.717) is 37.0 Å². The van der Waals surface area contributed by atoms with Crippen LogP contribution in [0.15, 0.2) is 42.5 Å². The van der Waals surface area contributed by atoms with Crippen LogP contribution >= 0.6 is 23.4 Å². The molecule has 0 aromatic heterocycles. The molecule has 2 N–H and O–H groups in total. The number of alkyl halides is 3. The number of amides is 1. The molecule has 2 aromatic rings. The van der Waals surface area contributed by atoms with E-state index in [4.69, 9.17) is 27.2 Å². The minimum Gasteiger partial charge on any atom is -0.486 e. The van der Waals surface area contributed by atoms with Crippen LogP contribution in [0.25, 0.3) is 0 Å². The van der Waals surface area contributed by atoms with Gasteiger partial charge in [-0.25, -0.2) is 0 Å². The molecule has 2 rings (SSSR count). The molecule has 2 aromatic carbocycles. The standard InChI is InChI=1S/C22H21ClF3N3O3S/c1-2-3-10-29(20(31)16-6-4-5-7-18(16)23)21(28)33-19(27)15-9-8-14(32-12-11-30)13-17(15)22(24,25)26/h4-9,11,13,27-28H,2-3,10,12H2,1H3. The average Bonchev–Trinajstić information content (AvgIpc) is 2.77. The van der Waals surface area contributed by atoms with E-state index in [2.05, 4.69) is 0 Å². The van der Waals surface area contributed by atoms with Gasteiger partial charge in [0.1, 0.15) is 17.4 Å². The number of thioether (sulfide) groups is 1. The Morgan fingerprint density at radius 3 is 2.48 bits per heavy atom. The monoisotopic (exact) mass is 499 g/mol. The zero-order chi connectivity index (χ0) is 24.6. The molecule has 0 unspecified atom stereocenters. The summed E-state index contributed by atoms with van der Waals surface area (Å²) in [6.07, 6.45) is -3.15. The fraction of sp³-hybridized carbons (Fsp3) is 0.273. The van der Waals surface area contributed by atoms with Crippen molar-refractivity contribution in [1.82, 2.24) is 4.90 Å². The Morgan fingerprint density at radius 2 is 1.88 bits per heavy atom. The second kappa shape index (κ2) is 11.9. The van der Waals surface area contributed by atoms with Gasteiger partial charge in [0, 0.05) is 12.1 Å². The maximum atomic E-state index is 13.6. The van der Waals surface area contributed by atoms with Crippen LogP contribution in [-0.2, 0) is 11.0 Å². The van der Waals surface area contributed by atoms with Crippen molar-refractivity contribution in [2.24, 2.45) is 0 Å². The van der Waals surface area contributed by atoms with E-state index < -0.39 is 40.0 Å². The summed E-state index contributed by atoms with van der Waals surface area (Å²) in [5.74, 6) is -0.752. The van der Waals surface area contributed by atoms with E-state index >= 15 is 0 Å². The van der Waals surface area contributed by atoms with Gasteiger partial charge in [-0.2, -0.15) is 13.2 Å². The quantitative estimate of drug-likeness (QED) is 0.270. The second-order valence-electron chi connectivity index (χ2n) is 6.71. The van der Waals surface area contributed by atoms with Gasteiger partial charge in [-0.15, -0.1) is 0 Å². The van der Waals surface area contributed by atoms with Crippen LogP contribution in [0, 0.1) is 10.8 Å². The molecule has 0 radical (unpaired) electrons. The number of nitrogens with zero attached hydrogens (tertiary/aromatic N) is 1. The van der Waals surface area contributed by atoms with Crippen LogP contribution in [0.2, 0.25) is 5.02 Å². The number of aldehydes is 1. The molecule has 0 aliphatic rings. The van der Waals surface area contributed by atoms with Crippen molar-refractivity contribution in [3.05, 3.63) is 64.2 Å². The number of halogens is 4. The highest BCUT2D eigenvalue weighted by molar-refractivity contribution is 8.26. The maximum Gasteiger partial charge on any atom is 0.417 e. The number of amidine groups is 1. The Morgan fingerprint density at radius 1 is 1.18 bits per heavy atom. The number of benzene rings is 2. The highest BCUT2D eigenvalue weighted by atomic mass is 35.5. The summed E-state index contributed by atoms with van der Waals surface area (Å²) >= 11 is 6.53. The lowest BCUT2D eigenvalue weighted by atomic mass is 10.1. The molecule has 6 nitrogen and oxygen atoms in total. The number of carbonyl (C=O) groups excluding carboxylic acids is 2. The fourth-order valence-electron chi connectivity index (χ4n) is 2.77. The lowest BCUT2D eigenvalue weighted by Crippen LogP contribution is -2.36. The average molecular weight is 500 g/mol. The van der Waals surface area contributed by atoms with Gasteiger partial charge >= 0.3 is 6.18 Å². The van der Waals surface area contributed by atoms with Gasteiger partial charge in [0.15, 0.2) is 11.5 Å². The van der Waals surface area contributed by atoms with Crippen LogP contribution in [-0.4, -0.2) is 40.5 Å². The Labute approximate surface area is 198 Å². The van der Waals surface area contributed by atoms with Gasteiger partial charge in [-0.3, -0.25) is 25.3 Å². The SMILES string of the molecule is CCCCN(C(=N)SC(=N)c1ccc(OCC=O)cc1C(F)(F)F)C(=O)c1ccccc1Cl.